The Hall–Kier alpha value is -2.95. The predicted molar refractivity (Wildman–Crippen MR) is 83.1 cm³/mol. The van der Waals surface area contributed by atoms with Crippen LogP contribution < -0.4 is 11.1 Å². The molecule has 104 valence electrons. The van der Waals surface area contributed by atoms with Gasteiger partial charge in [-0.05, 0) is 30.0 Å². The Kier molecular flexibility index (Phi) is 3.23. The summed E-state index contributed by atoms with van der Waals surface area (Å²) in [4.78, 5) is 20.6. The molecule has 5 heteroatoms. The molecule has 3 aromatic rings. The van der Waals surface area contributed by atoms with E-state index >= 15 is 0 Å². The molecule has 0 aliphatic heterocycles. The number of carbonyl (C=O) groups excluding carboxylic acids is 1. The first-order valence-electron chi connectivity index (χ1n) is 6.53. The molecule has 3 rings (SSSR count). The maximum atomic E-state index is 12.3. The lowest BCUT2D eigenvalue weighted by atomic mass is 10.1. The number of nitrogens with zero attached hydrogens (tertiary/aromatic N) is 2. The Bertz CT molecular complexity index is 829. The zero-order valence-electron chi connectivity index (χ0n) is 11.5. The van der Waals surface area contributed by atoms with Crippen LogP contribution in [-0.4, -0.2) is 15.9 Å². The van der Waals surface area contributed by atoms with Gasteiger partial charge in [0.25, 0.3) is 5.91 Å². The van der Waals surface area contributed by atoms with Gasteiger partial charge in [0.05, 0.1) is 0 Å². The third kappa shape index (κ3) is 2.53. The zero-order chi connectivity index (χ0) is 14.8. The van der Waals surface area contributed by atoms with Crippen LogP contribution in [0.3, 0.4) is 0 Å². The number of aromatic nitrogens is 2. The Morgan fingerprint density at radius 2 is 2.00 bits per heavy atom. The number of benzene rings is 1. The first kappa shape index (κ1) is 13.1. The largest absolute Gasteiger partial charge is 0.383 e. The SMILES string of the molecule is Cc1cccnc1NC(=O)c1cc2ccccc2c(N)n1. The minimum absolute atomic E-state index is 0.274. The maximum Gasteiger partial charge on any atom is 0.275 e. The van der Waals surface area contributed by atoms with Crippen molar-refractivity contribution in [1.82, 2.24) is 9.97 Å². The van der Waals surface area contributed by atoms with Gasteiger partial charge in [-0.2, -0.15) is 0 Å². The number of nitrogen functional groups attached to an aromatic ring is 1. The third-order valence-electron chi connectivity index (χ3n) is 3.24. The molecule has 0 radical (unpaired) electrons. The van der Waals surface area contributed by atoms with Crippen LogP contribution in [0.4, 0.5) is 11.6 Å². The van der Waals surface area contributed by atoms with Crippen LogP contribution in [-0.2, 0) is 0 Å². The van der Waals surface area contributed by atoms with Gasteiger partial charge in [0.15, 0.2) is 0 Å². The lowest BCUT2D eigenvalue weighted by Crippen LogP contribution is -2.16. The molecular formula is C16H14N4O. The highest BCUT2D eigenvalue weighted by Gasteiger charge is 2.12. The van der Waals surface area contributed by atoms with E-state index in [9.17, 15) is 4.79 Å². The van der Waals surface area contributed by atoms with Crippen molar-refractivity contribution < 1.29 is 4.79 Å². The molecule has 5 nitrogen and oxygen atoms in total. The van der Waals surface area contributed by atoms with E-state index in [1.807, 2.05) is 43.3 Å². The van der Waals surface area contributed by atoms with Crippen molar-refractivity contribution in [2.45, 2.75) is 6.92 Å². The fourth-order valence-electron chi connectivity index (χ4n) is 2.13. The van der Waals surface area contributed by atoms with Gasteiger partial charge in [-0.25, -0.2) is 9.97 Å². The summed E-state index contributed by atoms with van der Waals surface area (Å²) < 4.78 is 0. The van der Waals surface area contributed by atoms with Crippen LogP contribution in [0.25, 0.3) is 10.8 Å². The molecule has 0 fully saturated rings. The fraction of sp³-hybridized carbons (Fsp3) is 0.0625. The molecule has 0 aliphatic rings. The van der Waals surface area contributed by atoms with E-state index in [-0.39, 0.29) is 11.6 Å². The predicted octanol–water partition coefficient (Wildman–Crippen LogP) is 2.77. The molecule has 0 spiro atoms. The second kappa shape index (κ2) is 5.20. The number of pyridine rings is 2. The van der Waals surface area contributed by atoms with Gasteiger partial charge in [0.1, 0.15) is 17.3 Å². The number of nitrogens with one attached hydrogen (secondary N) is 1. The Labute approximate surface area is 121 Å². The first-order valence-corrected chi connectivity index (χ1v) is 6.53. The summed E-state index contributed by atoms with van der Waals surface area (Å²) >= 11 is 0. The van der Waals surface area contributed by atoms with E-state index < -0.39 is 0 Å². The van der Waals surface area contributed by atoms with Gasteiger partial charge in [-0.3, -0.25) is 4.79 Å². The van der Waals surface area contributed by atoms with Crippen LogP contribution >= 0.6 is 0 Å². The number of nitrogens with two attached hydrogens (primary N) is 1. The van der Waals surface area contributed by atoms with Crippen LogP contribution in [0.2, 0.25) is 0 Å². The van der Waals surface area contributed by atoms with Crippen molar-refractivity contribution in [1.29, 1.82) is 0 Å². The highest BCUT2D eigenvalue weighted by atomic mass is 16.1. The number of carbonyl (C=O) groups is 1. The molecule has 0 atom stereocenters. The second-order valence-corrected chi connectivity index (χ2v) is 4.74. The maximum absolute atomic E-state index is 12.3. The average molecular weight is 278 g/mol. The van der Waals surface area contributed by atoms with Crippen LogP contribution in [0.15, 0.2) is 48.7 Å². The summed E-state index contributed by atoms with van der Waals surface area (Å²) in [5.74, 6) is 0.543. The number of aryl methyl sites for hydroxylation is 1. The molecule has 2 heterocycles. The summed E-state index contributed by atoms with van der Waals surface area (Å²) in [5.41, 5.74) is 7.07. The first-order chi connectivity index (χ1) is 10.1. The van der Waals surface area contributed by atoms with Gasteiger partial charge in [-0.1, -0.05) is 30.3 Å². The molecule has 0 aliphatic carbocycles. The highest BCUT2D eigenvalue weighted by molar-refractivity contribution is 6.06. The number of fused-ring (bicyclic) bond motifs is 1. The van der Waals surface area contributed by atoms with Crippen molar-refractivity contribution >= 4 is 28.3 Å². The summed E-state index contributed by atoms with van der Waals surface area (Å²) in [6, 6.07) is 13.0. The zero-order valence-corrected chi connectivity index (χ0v) is 11.5. The van der Waals surface area contributed by atoms with Gasteiger partial charge >= 0.3 is 0 Å². The molecule has 3 N–H and O–H groups in total. The van der Waals surface area contributed by atoms with Crippen molar-refractivity contribution in [3.8, 4) is 0 Å². The van der Waals surface area contributed by atoms with Gasteiger partial charge < -0.3 is 11.1 Å². The van der Waals surface area contributed by atoms with Crippen LogP contribution in [0.1, 0.15) is 16.1 Å². The monoisotopic (exact) mass is 278 g/mol. The van der Waals surface area contributed by atoms with E-state index in [1.165, 1.54) is 0 Å². The summed E-state index contributed by atoms with van der Waals surface area (Å²) in [6.07, 6.45) is 1.63. The van der Waals surface area contributed by atoms with Crippen molar-refractivity contribution in [2.24, 2.45) is 0 Å². The molecule has 0 saturated heterocycles. The molecule has 0 saturated carbocycles. The minimum Gasteiger partial charge on any atom is -0.383 e. The lowest BCUT2D eigenvalue weighted by Gasteiger charge is -2.08. The fourth-order valence-corrected chi connectivity index (χ4v) is 2.13. The van der Waals surface area contributed by atoms with E-state index in [2.05, 4.69) is 15.3 Å². The molecule has 0 bridgehead atoms. The normalized spacial score (nSPS) is 10.5. The quantitative estimate of drug-likeness (QED) is 0.755. The molecular weight excluding hydrogens is 264 g/mol. The number of hydrogen-bond donors (Lipinski definition) is 2. The molecule has 0 unspecified atom stereocenters. The van der Waals surface area contributed by atoms with Gasteiger partial charge in [0.2, 0.25) is 0 Å². The average Bonchev–Trinajstić information content (AvgIpc) is 2.49. The molecule has 1 aromatic carbocycles. The lowest BCUT2D eigenvalue weighted by molar-refractivity contribution is 0.102. The van der Waals surface area contributed by atoms with E-state index in [4.69, 9.17) is 5.73 Å². The Morgan fingerprint density at radius 1 is 1.19 bits per heavy atom. The molecule has 21 heavy (non-hydrogen) atoms. The Balaban J connectivity index is 1.97. The topological polar surface area (TPSA) is 80.9 Å². The number of amides is 1. The van der Waals surface area contributed by atoms with Gasteiger partial charge in [-0.15, -0.1) is 0 Å². The highest BCUT2D eigenvalue weighted by Crippen LogP contribution is 2.20. The molecule has 1 amide bonds. The summed E-state index contributed by atoms with van der Waals surface area (Å²) in [7, 11) is 0. The smallest absolute Gasteiger partial charge is 0.275 e. The summed E-state index contributed by atoms with van der Waals surface area (Å²) in [5, 5.41) is 4.47. The minimum atomic E-state index is -0.325. The standard InChI is InChI=1S/C16H14N4O/c1-10-5-4-8-18-15(10)20-16(21)13-9-11-6-2-3-7-12(11)14(17)19-13/h2-9H,1H3,(H2,17,19)(H,18,20,21). The third-order valence-corrected chi connectivity index (χ3v) is 3.24. The van der Waals surface area contributed by atoms with Crippen molar-refractivity contribution in [3.05, 3.63) is 59.9 Å². The Morgan fingerprint density at radius 3 is 2.81 bits per heavy atom. The number of rotatable bonds is 2. The van der Waals surface area contributed by atoms with E-state index in [0.29, 0.717) is 11.6 Å². The van der Waals surface area contributed by atoms with Crippen LogP contribution in [0.5, 0.6) is 0 Å². The molecule has 2 aromatic heterocycles. The summed E-state index contributed by atoms with van der Waals surface area (Å²) in [6.45, 7) is 1.88. The van der Waals surface area contributed by atoms with Crippen molar-refractivity contribution in [2.75, 3.05) is 11.1 Å². The number of anilines is 2. The van der Waals surface area contributed by atoms with E-state index in [1.54, 1.807) is 12.3 Å². The van der Waals surface area contributed by atoms with Crippen molar-refractivity contribution in [3.63, 3.8) is 0 Å². The van der Waals surface area contributed by atoms with Gasteiger partial charge in [0, 0.05) is 11.6 Å². The second-order valence-electron chi connectivity index (χ2n) is 4.74. The van der Waals surface area contributed by atoms with E-state index in [0.717, 1.165) is 16.3 Å². The van der Waals surface area contributed by atoms with Crippen LogP contribution in [0, 0.1) is 6.92 Å². The number of hydrogen-bond acceptors (Lipinski definition) is 4.